The molecule has 7 nitrogen and oxygen atoms in total. The zero-order valence-corrected chi connectivity index (χ0v) is 21.3. The number of carboxylic acids is 1. The lowest BCUT2D eigenvalue weighted by Gasteiger charge is -2.35. The van der Waals surface area contributed by atoms with Gasteiger partial charge >= 0.3 is 11.9 Å². The van der Waals surface area contributed by atoms with Crippen LogP contribution in [0.2, 0.25) is 0 Å². The van der Waals surface area contributed by atoms with Crippen molar-refractivity contribution in [2.75, 3.05) is 0 Å². The molecule has 194 valence electrons. The second kappa shape index (κ2) is 12.3. The topological polar surface area (TPSA) is 102 Å². The molecule has 0 heterocycles. The highest BCUT2D eigenvalue weighted by Gasteiger charge is 2.39. The SMILES string of the molecule is CC(C)(C)OC(=O)CC(CCC(=O)NOC(c1ccccc1)(c1ccccc1)c1ccccc1)C(=O)O. The van der Waals surface area contributed by atoms with Crippen molar-refractivity contribution in [2.45, 2.75) is 51.2 Å². The van der Waals surface area contributed by atoms with Crippen molar-refractivity contribution in [3.63, 3.8) is 0 Å². The first-order valence-electron chi connectivity index (χ1n) is 12.2. The Kier molecular flexibility index (Phi) is 9.20. The standard InChI is InChI=1S/C30H33NO6/c1-29(2,3)36-27(33)21-22(28(34)35)19-20-26(32)31-37-30(23-13-7-4-8-14-23,24-15-9-5-10-16-24)25-17-11-6-12-18-25/h4-18,22H,19-21H2,1-3H3,(H,31,32)(H,34,35). The van der Waals surface area contributed by atoms with Gasteiger partial charge in [-0.05, 0) is 43.9 Å². The summed E-state index contributed by atoms with van der Waals surface area (Å²) in [6.07, 6.45) is -0.504. The van der Waals surface area contributed by atoms with Crippen LogP contribution in [0.15, 0.2) is 91.0 Å². The van der Waals surface area contributed by atoms with Crippen molar-refractivity contribution in [2.24, 2.45) is 5.92 Å². The first-order valence-corrected chi connectivity index (χ1v) is 12.2. The maximum absolute atomic E-state index is 12.9. The zero-order chi connectivity index (χ0) is 26.9. The summed E-state index contributed by atoms with van der Waals surface area (Å²) in [5, 5.41) is 9.57. The number of nitrogens with one attached hydrogen (secondary N) is 1. The lowest BCUT2D eigenvalue weighted by Crippen LogP contribution is -2.40. The summed E-state index contributed by atoms with van der Waals surface area (Å²) in [6.45, 7) is 5.14. The summed E-state index contributed by atoms with van der Waals surface area (Å²) >= 11 is 0. The number of aliphatic carboxylic acids is 1. The number of hydrogen-bond donors (Lipinski definition) is 2. The Bertz CT molecular complexity index is 1080. The number of carbonyl (C=O) groups is 3. The van der Waals surface area contributed by atoms with Gasteiger partial charge in [0.1, 0.15) is 5.60 Å². The summed E-state index contributed by atoms with van der Waals surface area (Å²) in [6, 6.07) is 28.6. The summed E-state index contributed by atoms with van der Waals surface area (Å²) in [5.74, 6) is -3.33. The van der Waals surface area contributed by atoms with Gasteiger partial charge in [0.2, 0.25) is 5.91 Å². The molecule has 0 saturated carbocycles. The summed E-state index contributed by atoms with van der Waals surface area (Å²) in [5.41, 5.74) is 3.10. The maximum atomic E-state index is 12.9. The van der Waals surface area contributed by atoms with E-state index < -0.39 is 35.0 Å². The van der Waals surface area contributed by atoms with Crippen LogP contribution in [-0.2, 0) is 29.6 Å². The second-order valence-electron chi connectivity index (χ2n) is 9.77. The van der Waals surface area contributed by atoms with E-state index in [4.69, 9.17) is 9.57 Å². The van der Waals surface area contributed by atoms with Gasteiger partial charge in [0, 0.05) is 6.42 Å². The molecular formula is C30H33NO6. The second-order valence-corrected chi connectivity index (χ2v) is 9.77. The molecule has 3 aromatic carbocycles. The van der Waals surface area contributed by atoms with Crippen LogP contribution in [0.1, 0.15) is 56.7 Å². The molecule has 0 aliphatic rings. The van der Waals surface area contributed by atoms with Gasteiger partial charge in [0.15, 0.2) is 5.60 Å². The van der Waals surface area contributed by atoms with E-state index in [0.717, 1.165) is 16.7 Å². The van der Waals surface area contributed by atoms with Gasteiger partial charge in [-0.3, -0.25) is 19.2 Å². The predicted molar refractivity (Wildman–Crippen MR) is 139 cm³/mol. The molecule has 0 aliphatic heterocycles. The molecule has 0 fully saturated rings. The van der Waals surface area contributed by atoms with Crippen LogP contribution in [0.3, 0.4) is 0 Å². The Labute approximate surface area is 217 Å². The fourth-order valence-corrected chi connectivity index (χ4v) is 4.08. The van der Waals surface area contributed by atoms with Gasteiger partial charge in [0.05, 0.1) is 12.3 Å². The van der Waals surface area contributed by atoms with E-state index in [2.05, 4.69) is 5.48 Å². The number of carbonyl (C=O) groups excluding carboxylic acids is 2. The summed E-state index contributed by atoms with van der Waals surface area (Å²) in [7, 11) is 0. The van der Waals surface area contributed by atoms with E-state index in [0.29, 0.717) is 0 Å². The Morgan fingerprint density at radius 1 is 0.784 bits per heavy atom. The molecule has 3 rings (SSSR count). The van der Waals surface area contributed by atoms with Gasteiger partial charge in [0.25, 0.3) is 0 Å². The fourth-order valence-electron chi connectivity index (χ4n) is 4.08. The highest BCUT2D eigenvalue weighted by atomic mass is 16.7. The Balaban J connectivity index is 1.81. The van der Waals surface area contributed by atoms with Crippen LogP contribution in [0.4, 0.5) is 0 Å². The number of hydrogen-bond acceptors (Lipinski definition) is 5. The van der Waals surface area contributed by atoms with Crippen LogP contribution in [-0.4, -0.2) is 28.6 Å². The fraction of sp³-hybridized carbons (Fsp3) is 0.300. The smallest absolute Gasteiger partial charge is 0.307 e. The van der Waals surface area contributed by atoms with E-state index in [1.807, 2.05) is 91.0 Å². The van der Waals surface area contributed by atoms with Crippen LogP contribution in [0.5, 0.6) is 0 Å². The third-order valence-corrected chi connectivity index (χ3v) is 5.76. The van der Waals surface area contributed by atoms with Crippen LogP contribution in [0, 0.1) is 5.92 Å². The van der Waals surface area contributed by atoms with Gasteiger partial charge in [-0.15, -0.1) is 0 Å². The van der Waals surface area contributed by atoms with Gasteiger partial charge in [-0.1, -0.05) is 91.0 Å². The highest BCUT2D eigenvalue weighted by molar-refractivity contribution is 5.80. The molecular weight excluding hydrogens is 470 g/mol. The lowest BCUT2D eigenvalue weighted by molar-refractivity contribution is -0.160. The quantitative estimate of drug-likeness (QED) is 0.211. The highest BCUT2D eigenvalue weighted by Crippen LogP contribution is 2.39. The molecule has 0 radical (unpaired) electrons. The van der Waals surface area contributed by atoms with Crippen molar-refractivity contribution < 1.29 is 29.1 Å². The van der Waals surface area contributed by atoms with Gasteiger partial charge in [-0.25, -0.2) is 5.48 Å². The normalized spacial score (nSPS) is 12.4. The zero-order valence-electron chi connectivity index (χ0n) is 21.3. The molecule has 2 N–H and O–H groups in total. The van der Waals surface area contributed by atoms with E-state index in [1.165, 1.54) is 0 Å². The molecule has 0 bridgehead atoms. The third-order valence-electron chi connectivity index (χ3n) is 5.76. The van der Waals surface area contributed by atoms with Crippen molar-refractivity contribution >= 4 is 17.8 Å². The number of esters is 1. The molecule has 7 heteroatoms. The lowest BCUT2D eigenvalue weighted by atomic mass is 9.80. The Morgan fingerprint density at radius 2 is 1.22 bits per heavy atom. The number of amides is 1. The van der Waals surface area contributed by atoms with Crippen LogP contribution < -0.4 is 5.48 Å². The van der Waals surface area contributed by atoms with Crippen molar-refractivity contribution in [1.29, 1.82) is 0 Å². The van der Waals surface area contributed by atoms with Crippen LogP contribution >= 0.6 is 0 Å². The van der Waals surface area contributed by atoms with Crippen molar-refractivity contribution in [1.82, 2.24) is 5.48 Å². The Morgan fingerprint density at radius 3 is 1.59 bits per heavy atom. The number of hydroxylamine groups is 1. The minimum absolute atomic E-state index is 0.0429. The first kappa shape index (κ1) is 27.6. The largest absolute Gasteiger partial charge is 0.481 e. The average Bonchev–Trinajstić information content (AvgIpc) is 2.87. The Hall–Kier alpha value is -3.97. The molecule has 1 unspecified atom stereocenters. The molecule has 37 heavy (non-hydrogen) atoms. The molecule has 3 aromatic rings. The minimum atomic E-state index is -1.16. The maximum Gasteiger partial charge on any atom is 0.307 e. The number of ether oxygens (including phenoxy) is 1. The number of benzene rings is 3. The molecule has 0 aromatic heterocycles. The summed E-state index contributed by atoms with van der Waals surface area (Å²) < 4.78 is 5.24. The first-order chi connectivity index (χ1) is 17.6. The van der Waals surface area contributed by atoms with Crippen molar-refractivity contribution in [3.8, 4) is 0 Å². The molecule has 0 aliphatic carbocycles. The summed E-state index contributed by atoms with van der Waals surface area (Å²) in [4.78, 5) is 43.0. The molecule has 1 atom stereocenters. The van der Waals surface area contributed by atoms with Crippen molar-refractivity contribution in [3.05, 3.63) is 108 Å². The molecule has 0 spiro atoms. The number of carboxylic acid groups (broad SMARTS) is 1. The van der Waals surface area contributed by atoms with E-state index in [9.17, 15) is 19.5 Å². The minimum Gasteiger partial charge on any atom is -0.481 e. The third kappa shape index (κ3) is 7.51. The molecule has 0 saturated heterocycles. The van der Waals surface area contributed by atoms with E-state index in [-0.39, 0.29) is 19.3 Å². The average molecular weight is 504 g/mol. The van der Waals surface area contributed by atoms with E-state index in [1.54, 1.807) is 20.8 Å². The van der Waals surface area contributed by atoms with Gasteiger partial charge < -0.3 is 9.84 Å². The monoisotopic (exact) mass is 503 g/mol. The van der Waals surface area contributed by atoms with E-state index >= 15 is 0 Å². The molecule has 1 amide bonds. The number of rotatable bonds is 11. The predicted octanol–water partition coefficient (Wildman–Crippen LogP) is 5.24. The van der Waals surface area contributed by atoms with Gasteiger partial charge in [-0.2, -0.15) is 0 Å². The van der Waals surface area contributed by atoms with Crippen LogP contribution in [0.25, 0.3) is 0 Å².